The maximum Gasteiger partial charge on any atom is 0.225 e. The molecule has 0 unspecified atom stereocenters. The summed E-state index contributed by atoms with van der Waals surface area (Å²) >= 11 is 7.43. The first-order valence-electron chi connectivity index (χ1n) is 9.03. The van der Waals surface area contributed by atoms with Crippen molar-refractivity contribution in [2.45, 2.75) is 41.7 Å². The Hall–Kier alpha value is -2.03. The number of anilines is 2. The molecule has 0 aliphatic carbocycles. The van der Waals surface area contributed by atoms with Crippen LogP contribution in [0.15, 0.2) is 46.2 Å². The predicted octanol–water partition coefficient (Wildman–Crippen LogP) is 4.27. The lowest BCUT2D eigenvalue weighted by Crippen LogP contribution is -2.18. The zero-order valence-electron chi connectivity index (χ0n) is 16.0. The Morgan fingerprint density at radius 3 is 2.76 bits per heavy atom. The van der Waals surface area contributed by atoms with Crippen molar-refractivity contribution in [2.75, 3.05) is 16.4 Å². The summed E-state index contributed by atoms with van der Waals surface area (Å²) < 4.78 is 25.4. The zero-order valence-corrected chi connectivity index (χ0v) is 18.4. The van der Waals surface area contributed by atoms with Crippen LogP contribution >= 0.6 is 23.4 Å². The summed E-state index contributed by atoms with van der Waals surface area (Å²) in [6.07, 6.45) is 0.186. The predicted molar refractivity (Wildman–Crippen MR) is 116 cm³/mol. The maximum atomic E-state index is 12.7. The van der Waals surface area contributed by atoms with Crippen molar-refractivity contribution in [3.05, 3.63) is 47.0 Å². The Morgan fingerprint density at radius 1 is 1.28 bits per heavy atom. The lowest BCUT2D eigenvalue weighted by molar-refractivity contribution is -0.116. The summed E-state index contributed by atoms with van der Waals surface area (Å²) in [5.41, 5.74) is 1.88. The number of carbonyl (C=O) groups excluding carboxylic acids is 2. The Kier molecular flexibility index (Phi) is 6.55. The second-order valence-electron chi connectivity index (χ2n) is 6.92. The molecule has 0 bridgehead atoms. The molecule has 0 saturated heterocycles. The first-order chi connectivity index (χ1) is 13.6. The van der Waals surface area contributed by atoms with E-state index >= 15 is 0 Å². The van der Waals surface area contributed by atoms with Gasteiger partial charge in [0.1, 0.15) is 0 Å². The fourth-order valence-corrected chi connectivity index (χ4v) is 5.49. The van der Waals surface area contributed by atoms with Crippen LogP contribution in [0.1, 0.15) is 25.3 Å². The van der Waals surface area contributed by atoms with Crippen molar-refractivity contribution < 1.29 is 18.0 Å². The van der Waals surface area contributed by atoms with E-state index in [4.69, 9.17) is 11.6 Å². The van der Waals surface area contributed by atoms with Crippen molar-refractivity contribution in [1.82, 2.24) is 0 Å². The SMILES string of the molecule is Cc1cc(Cl)ccc1NC(=O)CCS(=O)(=O)c1ccc2c(c1)NC(=O)C[C@H](C)S2. The van der Waals surface area contributed by atoms with Crippen LogP contribution < -0.4 is 10.6 Å². The monoisotopic (exact) mass is 452 g/mol. The maximum absolute atomic E-state index is 12.7. The molecule has 0 spiro atoms. The van der Waals surface area contributed by atoms with E-state index in [0.29, 0.717) is 22.8 Å². The Bertz CT molecular complexity index is 1070. The van der Waals surface area contributed by atoms with E-state index in [1.54, 1.807) is 31.2 Å². The Morgan fingerprint density at radius 2 is 2.03 bits per heavy atom. The van der Waals surface area contributed by atoms with Crippen LogP contribution in [0.2, 0.25) is 5.02 Å². The average Bonchev–Trinajstić information content (AvgIpc) is 2.78. The standard InChI is InChI=1S/C20H21ClN2O4S2/c1-12-9-14(21)3-5-16(12)22-19(24)7-8-29(26,27)15-4-6-18-17(11-15)23-20(25)10-13(2)28-18/h3-6,9,11,13H,7-8,10H2,1-2H3,(H,22,24)(H,23,25)/t13-/m0/s1. The van der Waals surface area contributed by atoms with Crippen LogP contribution in [0.25, 0.3) is 0 Å². The lowest BCUT2D eigenvalue weighted by Gasteiger charge is -2.11. The molecule has 1 aliphatic heterocycles. The molecule has 2 aromatic rings. The third kappa shape index (κ3) is 5.52. The molecule has 0 saturated carbocycles. The minimum atomic E-state index is -3.68. The number of rotatable bonds is 5. The highest BCUT2D eigenvalue weighted by Gasteiger charge is 2.23. The summed E-state index contributed by atoms with van der Waals surface area (Å²) in [5, 5.41) is 6.14. The molecule has 2 aromatic carbocycles. The van der Waals surface area contributed by atoms with Crippen LogP contribution in [-0.2, 0) is 19.4 Å². The van der Waals surface area contributed by atoms with Crippen molar-refractivity contribution in [1.29, 1.82) is 0 Å². The molecule has 2 amide bonds. The van der Waals surface area contributed by atoms with Crippen LogP contribution in [0.3, 0.4) is 0 Å². The highest BCUT2D eigenvalue weighted by Crippen LogP contribution is 2.36. The quantitative estimate of drug-likeness (QED) is 0.706. The van der Waals surface area contributed by atoms with Gasteiger partial charge in [-0.15, -0.1) is 11.8 Å². The molecule has 3 rings (SSSR count). The number of amides is 2. The van der Waals surface area contributed by atoms with E-state index in [-0.39, 0.29) is 28.2 Å². The van der Waals surface area contributed by atoms with Gasteiger partial charge < -0.3 is 10.6 Å². The van der Waals surface area contributed by atoms with Gasteiger partial charge in [0.2, 0.25) is 11.8 Å². The van der Waals surface area contributed by atoms with E-state index in [0.717, 1.165) is 10.5 Å². The summed E-state index contributed by atoms with van der Waals surface area (Å²) in [5.74, 6) is -0.871. The van der Waals surface area contributed by atoms with Gasteiger partial charge in [-0.3, -0.25) is 9.59 Å². The minimum Gasteiger partial charge on any atom is -0.326 e. The fraction of sp³-hybridized carbons (Fsp3) is 0.300. The number of aryl methyl sites for hydroxylation is 1. The van der Waals surface area contributed by atoms with Crippen LogP contribution in [0.4, 0.5) is 11.4 Å². The molecule has 6 nitrogen and oxygen atoms in total. The number of thioether (sulfide) groups is 1. The van der Waals surface area contributed by atoms with Crippen molar-refractivity contribution in [2.24, 2.45) is 0 Å². The first kappa shape index (κ1) is 21.7. The minimum absolute atomic E-state index is 0.0853. The Labute approximate surface area is 179 Å². The first-order valence-corrected chi connectivity index (χ1v) is 11.9. The van der Waals surface area contributed by atoms with Gasteiger partial charge in [-0.2, -0.15) is 0 Å². The van der Waals surface area contributed by atoms with Crippen LogP contribution in [0, 0.1) is 6.92 Å². The molecule has 154 valence electrons. The van der Waals surface area contributed by atoms with E-state index in [9.17, 15) is 18.0 Å². The summed E-state index contributed by atoms with van der Waals surface area (Å²) in [4.78, 5) is 25.1. The van der Waals surface area contributed by atoms with Crippen LogP contribution in [-0.4, -0.2) is 31.2 Å². The van der Waals surface area contributed by atoms with Gasteiger partial charge in [0.25, 0.3) is 0 Å². The van der Waals surface area contributed by atoms with Gasteiger partial charge in [0.15, 0.2) is 9.84 Å². The van der Waals surface area contributed by atoms with Gasteiger partial charge in [0, 0.05) is 33.7 Å². The van der Waals surface area contributed by atoms with Gasteiger partial charge in [0.05, 0.1) is 16.3 Å². The van der Waals surface area contributed by atoms with Crippen molar-refractivity contribution in [3.63, 3.8) is 0 Å². The molecule has 2 N–H and O–H groups in total. The fourth-order valence-electron chi connectivity index (χ4n) is 2.95. The number of hydrogen-bond acceptors (Lipinski definition) is 5. The molecule has 29 heavy (non-hydrogen) atoms. The molecule has 1 heterocycles. The second kappa shape index (κ2) is 8.77. The van der Waals surface area contributed by atoms with E-state index < -0.39 is 15.7 Å². The number of hydrogen-bond donors (Lipinski definition) is 2. The van der Waals surface area contributed by atoms with Crippen molar-refractivity contribution >= 4 is 56.4 Å². The number of fused-ring (bicyclic) bond motifs is 1. The third-order valence-corrected chi connectivity index (χ3v) is 7.57. The summed E-state index contributed by atoms with van der Waals surface area (Å²) in [6.45, 7) is 3.76. The van der Waals surface area contributed by atoms with E-state index in [1.165, 1.54) is 23.9 Å². The van der Waals surface area contributed by atoms with Gasteiger partial charge in [-0.05, 0) is 48.9 Å². The van der Waals surface area contributed by atoms with Crippen molar-refractivity contribution in [3.8, 4) is 0 Å². The number of carbonyl (C=O) groups is 2. The number of sulfone groups is 1. The molecule has 0 aromatic heterocycles. The normalized spacial score (nSPS) is 16.5. The molecular weight excluding hydrogens is 432 g/mol. The second-order valence-corrected chi connectivity index (χ2v) is 10.9. The summed E-state index contributed by atoms with van der Waals surface area (Å²) in [6, 6.07) is 9.74. The average molecular weight is 453 g/mol. The molecule has 9 heteroatoms. The largest absolute Gasteiger partial charge is 0.326 e. The molecular formula is C20H21ClN2O4S2. The van der Waals surface area contributed by atoms with E-state index in [2.05, 4.69) is 10.6 Å². The van der Waals surface area contributed by atoms with Gasteiger partial charge >= 0.3 is 0 Å². The smallest absolute Gasteiger partial charge is 0.225 e. The number of benzene rings is 2. The third-order valence-electron chi connectivity index (χ3n) is 4.45. The highest BCUT2D eigenvalue weighted by atomic mass is 35.5. The molecule has 0 fully saturated rings. The van der Waals surface area contributed by atoms with Gasteiger partial charge in [-0.25, -0.2) is 8.42 Å². The highest BCUT2D eigenvalue weighted by molar-refractivity contribution is 8.00. The zero-order chi connectivity index (χ0) is 21.2. The lowest BCUT2D eigenvalue weighted by atomic mass is 10.2. The topological polar surface area (TPSA) is 92.3 Å². The number of nitrogens with one attached hydrogen (secondary N) is 2. The molecule has 1 atom stereocenters. The molecule has 1 aliphatic rings. The van der Waals surface area contributed by atoms with Gasteiger partial charge in [-0.1, -0.05) is 18.5 Å². The number of halogens is 1. The van der Waals surface area contributed by atoms with E-state index in [1.807, 2.05) is 6.92 Å². The summed E-state index contributed by atoms with van der Waals surface area (Å²) in [7, 11) is -3.68. The van der Waals surface area contributed by atoms with Crippen LogP contribution in [0.5, 0.6) is 0 Å². The molecule has 0 radical (unpaired) electrons. The Balaban J connectivity index is 1.69.